The Morgan fingerprint density at radius 1 is 0.738 bits per heavy atom. The Hall–Kier alpha value is -5.50. The lowest BCUT2D eigenvalue weighted by molar-refractivity contribution is -0.0511. The number of nitrogens with one attached hydrogen (secondary N) is 1. The van der Waals surface area contributed by atoms with E-state index in [0.29, 0.717) is 16.3 Å². The van der Waals surface area contributed by atoms with Crippen LogP contribution in [0.1, 0.15) is 33.4 Å². The lowest BCUT2D eigenvalue weighted by Gasteiger charge is -2.21. The Balaban J connectivity index is 0.900. The smallest absolute Gasteiger partial charge is 0.456 e. The third-order valence-electron chi connectivity index (χ3n) is 10.1. The van der Waals surface area contributed by atoms with Crippen LogP contribution < -0.4 is 11.0 Å². The molecule has 0 saturated carbocycles. The summed E-state index contributed by atoms with van der Waals surface area (Å²) in [7, 11) is -21.6. The first-order valence-electron chi connectivity index (χ1n) is 19.3. The third kappa shape index (κ3) is 10.6. The number of nitrogens with zero attached hydrogens (tertiary/aromatic N) is 2. The van der Waals surface area contributed by atoms with Crippen molar-refractivity contribution in [2.45, 2.75) is 29.8 Å². The monoisotopic (exact) mass is 967 g/mol. The number of esters is 1. The molecule has 4 N–H and O–H groups in total. The van der Waals surface area contributed by atoms with Gasteiger partial charge in [-0.3, -0.25) is 18.4 Å². The van der Waals surface area contributed by atoms with Crippen molar-refractivity contribution in [3.8, 4) is 0 Å². The van der Waals surface area contributed by atoms with Gasteiger partial charge in [-0.2, -0.15) is 13.6 Å². The molecule has 1 saturated heterocycles. The molecule has 0 radical (unpaired) electrons. The van der Waals surface area contributed by atoms with Gasteiger partial charge < -0.3 is 29.5 Å². The molecule has 2 heterocycles. The Morgan fingerprint density at radius 3 is 2.00 bits per heavy atom. The maximum Gasteiger partial charge on any atom is 0.490 e. The largest absolute Gasteiger partial charge is 0.490 e. The molecule has 0 spiro atoms. The van der Waals surface area contributed by atoms with Crippen molar-refractivity contribution >= 4 is 83.3 Å². The van der Waals surface area contributed by atoms with E-state index in [1.54, 1.807) is 66.7 Å². The number of aromatic nitrogens is 2. The highest BCUT2D eigenvalue weighted by atomic mass is 32.2. The van der Waals surface area contributed by atoms with Crippen LogP contribution in [0.25, 0.3) is 32.3 Å². The average Bonchev–Trinajstić information content (AvgIpc) is 3.66. The van der Waals surface area contributed by atoms with Gasteiger partial charge in [0.15, 0.2) is 9.84 Å². The molecule has 1 amide bonds. The Kier molecular flexibility index (Phi) is 13.0. The minimum atomic E-state index is -6.02. The number of phosphoric acid groups is 3. The van der Waals surface area contributed by atoms with Gasteiger partial charge in [0.2, 0.25) is 0 Å². The molecule has 338 valence electrons. The predicted octanol–water partition coefficient (Wildman–Crippen LogP) is 6.75. The number of phosphoric ester groups is 2. The van der Waals surface area contributed by atoms with Gasteiger partial charge in [-0.1, -0.05) is 84.9 Å². The van der Waals surface area contributed by atoms with Crippen LogP contribution in [-0.2, 0) is 50.7 Å². The van der Waals surface area contributed by atoms with Gasteiger partial charge in [0.05, 0.1) is 29.4 Å². The third-order valence-corrected chi connectivity index (χ3v) is 16.1. The van der Waals surface area contributed by atoms with Crippen molar-refractivity contribution in [2.75, 3.05) is 24.3 Å². The van der Waals surface area contributed by atoms with E-state index >= 15 is 0 Å². The SMILES string of the molecule is O=C(Nc1ccn(C2CC(OC(=O)c3ccccc3)C(COP(=O)(O)OP(=O)(O)OP(=O)(O)OCCS(=O)(=O)c3ccc4ccc5cccc6ccc3c4c56)O2)c(=O)n1)c1ccccc1. The number of carbonyl (C=O) groups is 2. The van der Waals surface area contributed by atoms with E-state index in [1.807, 2.05) is 30.3 Å². The molecule has 24 heteroatoms. The van der Waals surface area contributed by atoms with Crippen LogP contribution >= 0.6 is 23.5 Å². The fourth-order valence-corrected chi connectivity index (χ4v) is 12.2. The number of rotatable bonds is 17. The van der Waals surface area contributed by atoms with Crippen molar-refractivity contribution in [3.63, 3.8) is 0 Å². The van der Waals surface area contributed by atoms with Crippen LogP contribution in [0.3, 0.4) is 0 Å². The Labute approximate surface area is 368 Å². The molecule has 65 heavy (non-hydrogen) atoms. The number of anilines is 1. The summed E-state index contributed by atoms with van der Waals surface area (Å²) in [5.74, 6) is -2.38. The van der Waals surface area contributed by atoms with Crippen molar-refractivity contribution in [1.29, 1.82) is 0 Å². The number of sulfone groups is 1. The fourth-order valence-electron chi connectivity index (χ4n) is 7.25. The Bertz CT molecular complexity index is 3230. The molecular weight excluding hydrogens is 931 g/mol. The molecule has 8 rings (SSSR count). The van der Waals surface area contributed by atoms with E-state index in [4.69, 9.17) is 14.0 Å². The van der Waals surface area contributed by atoms with E-state index in [1.165, 1.54) is 30.5 Å². The number of hydrogen-bond donors (Lipinski definition) is 4. The van der Waals surface area contributed by atoms with Crippen LogP contribution in [0.2, 0.25) is 0 Å². The first-order chi connectivity index (χ1) is 30.9. The van der Waals surface area contributed by atoms with E-state index in [0.717, 1.165) is 26.1 Å². The molecule has 6 atom stereocenters. The maximum atomic E-state index is 13.5. The number of carbonyl (C=O) groups excluding carboxylic acids is 2. The van der Waals surface area contributed by atoms with Crippen molar-refractivity contribution in [2.24, 2.45) is 0 Å². The van der Waals surface area contributed by atoms with E-state index in [2.05, 4.69) is 23.4 Å². The van der Waals surface area contributed by atoms with Crippen LogP contribution in [0, 0.1) is 0 Å². The zero-order valence-corrected chi connectivity index (χ0v) is 36.9. The van der Waals surface area contributed by atoms with Gasteiger partial charge in [0.25, 0.3) is 5.91 Å². The Morgan fingerprint density at radius 2 is 1.34 bits per heavy atom. The number of benzene rings is 6. The minimum Gasteiger partial charge on any atom is -0.456 e. The summed E-state index contributed by atoms with van der Waals surface area (Å²) in [5, 5.41) is 7.00. The number of amides is 1. The lowest BCUT2D eigenvalue weighted by atomic mass is 9.94. The summed E-state index contributed by atoms with van der Waals surface area (Å²) in [4.78, 5) is 73.3. The molecule has 0 aliphatic carbocycles. The summed E-state index contributed by atoms with van der Waals surface area (Å²) < 4.78 is 95.8. The second-order valence-corrected chi connectivity index (χ2v) is 21.1. The molecule has 20 nitrogen and oxygen atoms in total. The molecule has 0 bridgehead atoms. The van der Waals surface area contributed by atoms with Gasteiger partial charge in [-0.05, 0) is 63.3 Å². The lowest BCUT2D eigenvalue weighted by Crippen LogP contribution is -2.31. The van der Waals surface area contributed by atoms with Crippen LogP contribution in [0.4, 0.5) is 5.82 Å². The molecule has 1 aliphatic rings. The zero-order valence-electron chi connectivity index (χ0n) is 33.4. The highest BCUT2D eigenvalue weighted by Crippen LogP contribution is 2.67. The molecule has 1 aromatic heterocycles. The summed E-state index contributed by atoms with van der Waals surface area (Å²) in [6.07, 6.45) is -3.01. The molecule has 1 fully saturated rings. The van der Waals surface area contributed by atoms with Gasteiger partial charge in [0.1, 0.15) is 24.3 Å². The van der Waals surface area contributed by atoms with E-state index < -0.39 is 88.3 Å². The first-order valence-corrected chi connectivity index (χ1v) is 25.5. The van der Waals surface area contributed by atoms with Crippen LogP contribution in [0.15, 0.2) is 137 Å². The van der Waals surface area contributed by atoms with Crippen molar-refractivity contribution < 1.29 is 73.5 Å². The minimum absolute atomic E-state index is 0.0955. The highest BCUT2D eigenvalue weighted by Gasteiger charge is 2.45. The second kappa shape index (κ2) is 18.4. The molecule has 6 unspecified atom stereocenters. The summed E-state index contributed by atoms with van der Waals surface area (Å²) in [6, 6.07) is 33.0. The summed E-state index contributed by atoms with van der Waals surface area (Å²) >= 11 is 0. The normalized spacial score (nSPS) is 19.4. The molecule has 1 aliphatic heterocycles. The second-order valence-electron chi connectivity index (χ2n) is 14.4. The van der Waals surface area contributed by atoms with Gasteiger partial charge >= 0.3 is 35.1 Å². The van der Waals surface area contributed by atoms with Gasteiger partial charge in [-0.15, -0.1) is 0 Å². The predicted molar refractivity (Wildman–Crippen MR) is 233 cm³/mol. The van der Waals surface area contributed by atoms with E-state index in [-0.39, 0.29) is 22.7 Å². The van der Waals surface area contributed by atoms with Crippen molar-refractivity contribution in [3.05, 3.63) is 149 Å². The topological polar surface area (TPSA) is 282 Å². The highest BCUT2D eigenvalue weighted by molar-refractivity contribution is 7.91. The van der Waals surface area contributed by atoms with Crippen LogP contribution in [0.5, 0.6) is 0 Å². The van der Waals surface area contributed by atoms with Gasteiger partial charge in [-0.25, -0.2) is 31.7 Å². The quantitative estimate of drug-likeness (QED) is 0.0417. The van der Waals surface area contributed by atoms with Crippen molar-refractivity contribution in [1.82, 2.24) is 9.55 Å². The van der Waals surface area contributed by atoms with Crippen LogP contribution in [-0.4, -0.2) is 75.7 Å². The average molecular weight is 968 g/mol. The number of ether oxygens (including phenoxy) is 2. The standard InChI is InChI=1S/C41H36N3O17P3S/c45-39(29-8-3-1-4-9-29)42-35-20-21-44(41(47)43-35)36-24-32(59-40(46)30-10-5-2-6-11-30)33(58-36)25-57-63(50,51)61-64(52,53)60-62(48,49)56-22-23-65(54,55)34-19-17-28-15-14-26-12-7-13-27-16-18-31(34)38(28)37(26)27/h1-21,32-33,36H,22-25H2,(H,48,49)(H,50,51)(H,52,53)(H,42,43,45,47). The fraction of sp³-hybridized carbons (Fsp3) is 0.171. The zero-order chi connectivity index (χ0) is 46.1. The summed E-state index contributed by atoms with van der Waals surface area (Å²) in [6.45, 7) is -2.03. The maximum absolute atomic E-state index is 13.5. The molecule has 6 aromatic carbocycles. The molecular formula is C41H36N3O17P3S. The number of hydrogen-bond acceptors (Lipinski definition) is 15. The van der Waals surface area contributed by atoms with E-state index in [9.17, 15) is 51.2 Å². The van der Waals surface area contributed by atoms with Gasteiger partial charge in [0, 0.05) is 23.6 Å². The molecule has 7 aromatic rings. The first kappa shape index (κ1) is 46.0. The summed E-state index contributed by atoms with van der Waals surface area (Å²) in [5.41, 5.74) is -0.495.